The van der Waals surface area contributed by atoms with Gasteiger partial charge in [-0.1, -0.05) is 47.5 Å². The van der Waals surface area contributed by atoms with Crippen LogP contribution in [-0.2, 0) is 13.8 Å². The average Bonchev–Trinajstić information content (AvgIpc) is 3.11. The molecule has 0 saturated carbocycles. The number of aryl methyl sites for hydroxylation is 3. The highest BCUT2D eigenvalue weighted by atomic mass is 32.1. The SMILES string of the molecule is COC(=O)c1sc(-c2ccc(C)cc2)cc1NP(=O)(OC)c1ccc(C)cc1C. The van der Waals surface area contributed by atoms with E-state index in [1.165, 1.54) is 25.6 Å². The molecule has 3 aromatic rings. The van der Waals surface area contributed by atoms with E-state index in [-0.39, 0.29) is 0 Å². The normalized spacial score (nSPS) is 13.0. The monoisotopic (exact) mass is 429 g/mol. The number of benzene rings is 2. The van der Waals surface area contributed by atoms with E-state index in [2.05, 4.69) is 5.09 Å². The Kier molecular flexibility index (Phi) is 6.27. The maximum absolute atomic E-state index is 13.7. The largest absolute Gasteiger partial charge is 0.465 e. The molecule has 0 saturated heterocycles. The predicted octanol–water partition coefficient (Wildman–Crippen LogP) is 5.70. The van der Waals surface area contributed by atoms with Crippen molar-refractivity contribution in [3.63, 3.8) is 0 Å². The first-order valence-corrected chi connectivity index (χ1v) is 11.5. The van der Waals surface area contributed by atoms with Gasteiger partial charge < -0.3 is 14.3 Å². The molecule has 0 radical (unpaired) electrons. The van der Waals surface area contributed by atoms with E-state index in [0.29, 0.717) is 15.9 Å². The van der Waals surface area contributed by atoms with E-state index < -0.39 is 13.5 Å². The molecule has 1 atom stereocenters. The molecule has 0 amide bonds. The van der Waals surface area contributed by atoms with E-state index in [9.17, 15) is 9.36 Å². The minimum atomic E-state index is -3.45. The Labute approximate surface area is 175 Å². The van der Waals surface area contributed by atoms with Gasteiger partial charge in [-0.05, 0) is 44.0 Å². The van der Waals surface area contributed by atoms with Crippen molar-refractivity contribution in [1.82, 2.24) is 0 Å². The number of esters is 1. The van der Waals surface area contributed by atoms with Crippen LogP contribution in [0.25, 0.3) is 10.4 Å². The first-order chi connectivity index (χ1) is 13.8. The Balaban J connectivity index is 2.07. The summed E-state index contributed by atoms with van der Waals surface area (Å²) >= 11 is 1.29. The summed E-state index contributed by atoms with van der Waals surface area (Å²) in [6.45, 7) is 5.89. The van der Waals surface area contributed by atoms with Crippen molar-refractivity contribution in [3.8, 4) is 10.4 Å². The predicted molar refractivity (Wildman–Crippen MR) is 120 cm³/mol. The molecule has 1 unspecified atom stereocenters. The summed E-state index contributed by atoms with van der Waals surface area (Å²) in [5.74, 6) is -0.487. The van der Waals surface area contributed by atoms with Crippen molar-refractivity contribution in [2.75, 3.05) is 19.3 Å². The summed E-state index contributed by atoms with van der Waals surface area (Å²) in [5, 5.41) is 3.58. The van der Waals surface area contributed by atoms with Crippen LogP contribution in [0.15, 0.2) is 48.5 Å². The van der Waals surface area contributed by atoms with E-state index >= 15 is 0 Å². The molecule has 0 aliphatic rings. The molecule has 0 aliphatic carbocycles. The molecule has 0 bridgehead atoms. The standard InChI is InChI=1S/C22H24NO4PS/c1-14-6-9-17(10-7-14)20-13-18(21(29-20)22(24)26-4)23-28(25,27-5)19-11-8-15(2)12-16(19)3/h6-13H,1-5H3,(H,23,25). The number of hydrogen-bond donors (Lipinski definition) is 1. The minimum absolute atomic E-state index is 0.352. The number of carbonyl (C=O) groups is 1. The van der Waals surface area contributed by atoms with Crippen LogP contribution in [0.5, 0.6) is 0 Å². The van der Waals surface area contributed by atoms with Gasteiger partial charge in [-0.2, -0.15) is 0 Å². The summed E-state index contributed by atoms with van der Waals surface area (Å²) in [4.78, 5) is 13.6. The molecule has 152 valence electrons. The number of nitrogens with one attached hydrogen (secondary N) is 1. The first-order valence-electron chi connectivity index (χ1n) is 9.08. The van der Waals surface area contributed by atoms with Gasteiger partial charge in [0.15, 0.2) is 0 Å². The second-order valence-corrected chi connectivity index (χ2v) is 10.1. The Morgan fingerprint density at radius 2 is 1.62 bits per heavy atom. The molecular weight excluding hydrogens is 405 g/mol. The van der Waals surface area contributed by atoms with Crippen LogP contribution < -0.4 is 10.4 Å². The zero-order valence-electron chi connectivity index (χ0n) is 17.1. The van der Waals surface area contributed by atoms with Gasteiger partial charge in [0.2, 0.25) is 0 Å². The van der Waals surface area contributed by atoms with Crippen molar-refractivity contribution in [2.24, 2.45) is 0 Å². The van der Waals surface area contributed by atoms with Crippen molar-refractivity contribution in [2.45, 2.75) is 20.8 Å². The van der Waals surface area contributed by atoms with Gasteiger partial charge in [0.05, 0.1) is 18.1 Å². The highest BCUT2D eigenvalue weighted by Gasteiger charge is 2.30. The fraction of sp³-hybridized carbons (Fsp3) is 0.227. The zero-order chi connectivity index (χ0) is 21.2. The van der Waals surface area contributed by atoms with Crippen LogP contribution in [0.4, 0.5) is 5.69 Å². The zero-order valence-corrected chi connectivity index (χ0v) is 18.8. The second-order valence-electron chi connectivity index (χ2n) is 6.85. The third-order valence-electron chi connectivity index (χ3n) is 4.63. The van der Waals surface area contributed by atoms with Crippen LogP contribution >= 0.6 is 18.9 Å². The lowest BCUT2D eigenvalue weighted by Crippen LogP contribution is -2.17. The van der Waals surface area contributed by atoms with Crippen LogP contribution in [0.3, 0.4) is 0 Å². The molecule has 0 fully saturated rings. The lowest BCUT2D eigenvalue weighted by atomic mass is 10.1. The molecule has 29 heavy (non-hydrogen) atoms. The van der Waals surface area contributed by atoms with Gasteiger partial charge in [0.1, 0.15) is 4.88 Å². The number of rotatable bonds is 6. The Hall–Kier alpha value is -2.40. The smallest absolute Gasteiger partial charge is 0.350 e. The van der Waals surface area contributed by atoms with E-state index in [1.54, 1.807) is 6.07 Å². The number of ether oxygens (including phenoxy) is 1. The summed E-state index contributed by atoms with van der Waals surface area (Å²) in [7, 11) is -0.715. The van der Waals surface area contributed by atoms with Gasteiger partial charge in [-0.3, -0.25) is 4.57 Å². The van der Waals surface area contributed by atoms with Crippen molar-refractivity contribution < 1.29 is 18.6 Å². The number of methoxy groups -OCH3 is 1. The molecule has 3 rings (SSSR count). The molecule has 1 aromatic heterocycles. The fourth-order valence-corrected chi connectivity index (χ4v) is 5.89. The van der Waals surface area contributed by atoms with Gasteiger partial charge in [-0.15, -0.1) is 11.3 Å². The summed E-state index contributed by atoms with van der Waals surface area (Å²) in [6, 6.07) is 15.5. The Morgan fingerprint density at radius 3 is 2.21 bits per heavy atom. The number of hydrogen-bond acceptors (Lipinski definition) is 5. The molecular formula is C22H24NO4PS. The highest BCUT2D eigenvalue weighted by molar-refractivity contribution is 7.68. The number of thiophene rings is 1. The maximum Gasteiger partial charge on any atom is 0.350 e. The fourth-order valence-electron chi connectivity index (χ4n) is 3.08. The lowest BCUT2D eigenvalue weighted by molar-refractivity contribution is 0.0607. The van der Waals surface area contributed by atoms with Crippen LogP contribution in [0.2, 0.25) is 0 Å². The molecule has 2 aromatic carbocycles. The van der Waals surface area contributed by atoms with E-state index in [1.807, 2.05) is 63.2 Å². The molecule has 1 heterocycles. The maximum atomic E-state index is 13.7. The van der Waals surface area contributed by atoms with Gasteiger partial charge in [0, 0.05) is 12.0 Å². The lowest BCUT2D eigenvalue weighted by Gasteiger charge is -2.20. The molecule has 0 spiro atoms. The Morgan fingerprint density at radius 1 is 0.966 bits per heavy atom. The highest BCUT2D eigenvalue weighted by Crippen LogP contribution is 2.48. The minimum Gasteiger partial charge on any atom is -0.465 e. The molecule has 1 N–H and O–H groups in total. The van der Waals surface area contributed by atoms with E-state index in [0.717, 1.165) is 27.1 Å². The quantitative estimate of drug-likeness (QED) is 0.402. The van der Waals surface area contributed by atoms with Crippen LogP contribution in [0, 0.1) is 20.8 Å². The van der Waals surface area contributed by atoms with Gasteiger partial charge in [0.25, 0.3) is 0 Å². The van der Waals surface area contributed by atoms with E-state index in [4.69, 9.17) is 9.26 Å². The van der Waals surface area contributed by atoms with Crippen molar-refractivity contribution in [1.29, 1.82) is 0 Å². The van der Waals surface area contributed by atoms with Gasteiger partial charge >= 0.3 is 13.5 Å². The third-order valence-corrected chi connectivity index (χ3v) is 7.98. The molecule has 7 heteroatoms. The summed E-state index contributed by atoms with van der Waals surface area (Å²) in [5.41, 5.74) is 4.48. The number of carbonyl (C=O) groups excluding carboxylic acids is 1. The number of anilines is 1. The van der Waals surface area contributed by atoms with Gasteiger partial charge in [-0.25, -0.2) is 4.79 Å². The summed E-state index contributed by atoms with van der Waals surface area (Å²) in [6.07, 6.45) is 0. The van der Waals surface area contributed by atoms with Crippen LogP contribution in [0.1, 0.15) is 26.4 Å². The third kappa shape index (κ3) is 4.45. The topological polar surface area (TPSA) is 64.6 Å². The van der Waals surface area contributed by atoms with Crippen molar-refractivity contribution in [3.05, 3.63) is 70.1 Å². The first kappa shape index (κ1) is 21.3. The van der Waals surface area contributed by atoms with Crippen LogP contribution in [-0.4, -0.2) is 20.2 Å². The summed E-state index contributed by atoms with van der Waals surface area (Å²) < 4.78 is 24.0. The molecule has 0 aliphatic heterocycles. The second kappa shape index (κ2) is 8.54. The molecule has 5 nitrogen and oxygen atoms in total. The van der Waals surface area contributed by atoms with Crippen molar-refractivity contribution >= 4 is 35.8 Å². The Bertz CT molecular complexity index is 1090. The average molecular weight is 429 g/mol.